The smallest absolute Gasteiger partial charge is 0.243 e. The van der Waals surface area contributed by atoms with Gasteiger partial charge < -0.3 is 10.2 Å². The molecule has 0 aromatic rings. The summed E-state index contributed by atoms with van der Waals surface area (Å²) in [6, 6.07) is -0.247. The number of carbonyl (C=O) groups is 2. The fourth-order valence-electron chi connectivity index (χ4n) is 2.64. The van der Waals surface area contributed by atoms with E-state index in [9.17, 15) is 9.59 Å². The highest BCUT2D eigenvalue weighted by Gasteiger charge is 2.59. The Kier molecular flexibility index (Phi) is 3.17. The maximum Gasteiger partial charge on any atom is 0.243 e. The molecule has 1 saturated carbocycles. The van der Waals surface area contributed by atoms with Gasteiger partial charge in [-0.3, -0.25) is 14.7 Å². The van der Waals surface area contributed by atoms with E-state index in [2.05, 4.69) is 19.8 Å². The topological polar surface area (TPSA) is 61.4 Å². The summed E-state index contributed by atoms with van der Waals surface area (Å²) in [6.07, 6.45) is 3.11. The lowest BCUT2D eigenvalue weighted by molar-refractivity contribution is -0.138. The first-order valence-electron chi connectivity index (χ1n) is 5.59. The van der Waals surface area contributed by atoms with Gasteiger partial charge in [0.25, 0.3) is 0 Å². The molecule has 1 saturated heterocycles. The predicted octanol–water partition coefficient (Wildman–Crippen LogP) is -0.507. The molecule has 2 amide bonds. The summed E-state index contributed by atoms with van der Waals surface area (Å²) < 4.78 is 0. The van der Waals surface area contributed by atoms with E-state index in [0.717, 1.165) is 19.3 Å². The molecule has 2 aliphatic rings. The highest BCUT2D eigenvalue weighted by Crippen LogP contribution is 2.56. The number of rotatable bonds is 3. The zero-order chi connectivity index (χ0) is 11.8. The van der Waals surface area contributed by atoms with Gasteiger partial charge in [0.05, 0.1) is 6.54 Å². The van der Waals surface area contributed by atoms with Crippen LogP contribution in [0.2, 0.25) is 0 Å². The van der Waals surface area contributed by atoms with Crippen molar-refractivity contribution < 1.29 is 9.59 Å². The van der Waals surface area contributed by atoms with Crippen LogP contribution < -0.4 is 10.4 Å². The van der Waals surface area contributed by atoms with E-state index in [0.29, 0.717) is 6.54 Å². The zero-order valence-electron chi connectivity index (χ0n) is 9.45. The first-order chi connectivity index (χ1) is 7.64. The lowest BCUT2D eigenvalue weighted by Crippen LogP contribution is -2.49. The van der Waals surface area contributed by atoms with E-state index in [-0.39, 0.29) is 29.8 Å². The summed E-state index contributed by atoms with van der Waals surface area (Å²) in [5.74, 6) is -0.0144. The number of hydrogen-bond donors (Lipinski definition) is 2. The normalized spacial score (nSPS) is 25.9. The molecule has 6 heteroatoms. The zero-order valence-corrected chi connectivity index (χ0v) is 10.6. The van der Waals surface area contributed by atoms with Crippen molar-refractivity contribution in [2.45, 2.75) is 25.3 Å². The first kappa shape index (κ1) is 11.8. The van der Waals surface area contributed by atoms with Crippen LogP contribution in [0.3, 0.4) is 0 Å². The minimum Gasteiger partial charge on any atom is -0.357 e. The molecule has 5 nitrogen and oxygen atoms in total. The highest BCUT2D eigenvalue weighted by atomic mass is 31.0. The lowest BCUT2D eigenvalue weighted by atomic mass is 9.96. The van der Waals surface area contributed by atoms with Crippen molar-refractivity contribution in [2.24, 2.45) is 5.41 Å². The number of likely N-dealkylation sites (N-methyl/N-ethyl adjacent to an activating group) is 1. The van der Waals surface area contributed by atoms with Crippen LogP contribution in [-0.2, 0) is 9.59 Å². The molecular formula is C10H18N3O2P. The Balaban J connectivity index is 2.13. The third kappa shape index (κ3) is 1.82. The molecule has 2 rings (SSSR count). The Morgan fingerprint density at radius 2 is 2.12 bits per heavy atom. The minimum absolute atomic E-state index is 0.00683. The van der Waals surface area contributed by atoms with Gasteiger partial charge in [0.1, 0.15) is 6.04 Å². The summed E-state index contributed by atoms with van der Waals surface area (Å²) in [6.45, 7) is 0.984. The lowest BCUT2D eigenvalue weighted by Gasteiger charge is -2.26. The van der Waals surface area contributed by atoms with Crippen LogP contribution in [0, 0.1) is 5.41 Å². The number of likely N-dealkylation sites (tertiary alicyclic amines) is 1. The SMILES string of the molecule is CNC(=O)C1N(C(=O)CNP)CCC12CC2. The summed E-state index contributed by atoms with van der Waals surface area (Å²) in [4.78, 5) is 25.4. The fourth-order valence-corrected chi connectivity index (χ4v) is 2.81. The molecule has 1 spiro atoms. The third-order valence-electron chi connectivity index (χ3n) is 3.70. The van der Waals surface area contributed by atoms with Crippen molar-refractivity contribution >= 4 is 21.2 Å². The molecule has 0 aromatic carbocycles. The van der Waals surface area contributed by atoms with Gasteiger partial charge in [-0.2, -0.15) is 0 Å². The number of nitrogens with one attached hydrogen (secondary N) is 2. The monoisotopic (exact) mass is 243 g/mol. The van der Waals surface area contributed by atoms with E-state index >= 15 is 0 Å². The Hall–Kier alpha value is -0.670. The number of amides is 2. The van der Waals surface area contributed by atoms with Gasteiger partial charge in [-0.25, -0.2) is 0 Å². The second-order valence-corrected chi connectivity index (χ2v) is 5.01. The Bertz CT molecular complexity index is 317. The van der Waals surface area contributed by atoms with Crippen LogP contribution in [0.15, 0.2) is 0 Å². The van der Waals surface area contributed by atoms with Crippen LogP contribution in [0.5, 0.6) is 0 Å². The molecule has 0 aromatic heterocycles. The molecule has 0 bridgehead atoms. The predicted molar refractivity (Wildman–Crippen MR) is 63.6 cm³/mol. The van der Waals surface area contributed by atoms with Gasteiger partial charge in [0.15, 0.2) is 0 Å². The van der Waals surface area contributed by atoms with Crippen LogP contribution in [-0.4, -0.2) is 42.9 Å². The van der Waals surface area contributed by atoms with Crippen LogP contribution >= 0.6 is 9.39 Å². The molecule has 1 aliphatic carbocycles. The van der Waals surface area contributed by atoms with Crippen molar-refractivity contribution in [3.63, 3.8) is 0 Å². The Morgan fingerprint density at radius 3 is 2.62 bits per heavy atom. The van der Waals surface area contributed by atoms with Crippen LogP contribution in [0.25, 0.3) is 0 Å². The summed E-state index contributed by atoms with van der Waals surface area (Å²) >= 11 is 0. The van der Waals surface area contributed by atoms with Gasteiger partial charge in [0, 0.05) is 19.0 Å². The van der Waals surface area contributed by atoms with Gasteiger partial charge in [-0.15, -0.1) is 0 Å². The molecule has 16 heavy (non-hydrogen) atoms. The molecule has 2 N–H and O–H groups in total. The summed E-state index contributed by atoms with van der Waals surface area (Å²) in [5.41, 5.74) is 0.0939. The van der Waals surface area contributed by atoms with Crippen LogP contribution in [0.4, 0.5) is 0 Å². The molecule has 90 valence electrons. The number of nitrogens with zero attached hydrogens (tertiary/aromatic N) is 1. The summed E-state index contributed by atoms with van der Waals surface area (Å²) in [5, 5.41) is 5.43. The molecule has 2 atom stereocenters. The Labute approximate surface area is 97.6 Å². The van der Waals surface area contributed by atoms with E-state index in [1.807, 2.05) is 0 Å². The average molecular weight is 243 g/mol. The van der Waals surface area contributed by atoms with Gasteiger partial charge in [-0.1, -0.05) is 9.39 Å². The molecule has 1 aliphatic heterocycles. The third-order valence-corrected chi connectivity index (χ3v) is 3.91. The highest BCUT2D eigenvalue weighted by molar-refractivity contribution is 7.13. The maximum absolute atomic E-state index is 11.9. The average Bonchev–Trinajstić information content (AvgIpc) is 2.92. The standard InChI is InChI=1S/C10H18N3O2P/c1-11-9(15)8-10(2-3-10)4-5-13(8)7(14)6-12-16/h8,12H,2-6,16H2,1H3,(H,11,15). The van der Waals surface area contributed by atoms with Crippen molar-refractivity contribution in [3.05, 3.63) is 0 Å². The molecular weight excluding hydrogens is 225 g/mol. The quantitative estimate of drug-likeness (QED) is 0.656. The Morgan fingerprint density at radius 1 is 1.44 bits per heavy atom. The van der Waals surface area contributed by atoms with E-state index < -0.39 is 0 Å². The first-order valence-corrected chi connectivity index (χ1v) is 6.17. The minimum atomic E-state index is -0.247. The van der Waals surface area contributed by atoms with E-state index in [4.69, 9.17) is 0 Å². The van der Waals surface area contributed by atoms with Crippen molar-refractivity contribution in [1.29, 1.82) is 0 Å². The van der Waals surface area contributed by atoms with Gasteiger partial charge in [0.2, 0.25) is 11.8 Å². The maximum atomic E-state index is 11.9. The number of carbonyl (C=O) groups excluding carboxylic acids is 2. The molecule has 2 unspecified atom stereocenters. The van der Waals surface area contributed by atoms with Crippen molar-refractivity contribution in [1.82, 2.24) is 15.3 Å². The second kappa shape index (κ2) is 4.30. The second-order valence-electron chi connectivity index (χ2n) is 4.60. The van der Waals surface area contributed by atoms with E-state index in [1.54, 1.807) is 11.9 Å². The molecule has 2 fully saturated rings. The molecule has 0 radical (unpaired) electrons. The molecule has 1 heterocycles. The van der Waals surface area contributed by atoms with Crippen LogP contribution in [0.1, 0.15) is 19.3 Å². The van der Waals surface area contributed by atoms with Gasteiger partial charge in [-0.05, 0) is 19.3 Å². The number of hydrogen-bond acceptors (Lipinski definition) is 3. The van der Waals surface area contributed by atoms with E-state index in [1.165, 1.54) is 0 Å². The largest absolute Gasteiger partial charge is 0.357 e. The summed E-state index contributed by atoms with van der Waals surface area (Å²) in [7, 11) is 3.94. The van der Waals surface area contributed by atoms with Crippen molar-refractivity contribution in [2.75, 3.05) is 20.1 Å². The van der Waals surface area contributed by atoms with Gasteiger partial charge >= 0.3 is 0 Å². The van der Waals surface area contributed by atoms with Crippen molar-refractivity contribution in [3.8, 4) is 0 Å². The fraction of sp³-hybridized carbons (Fsp3) is 0.800.